The van der Waals surface area contributed by atoms with Crippen molar-refractivity contribution in [2.75, 3.05) is 19.3 Å². The molecule has 4 nitrogen and oxygen atoms in total. The van der Waals surface area contributed by atoms with Gasteiger partial charge in [-0.25, -0.2) is 8.42 Å². The second-order valence-corrected chi connectivity index (χ2v) is 10.3. The Bertz CT molecular complexity index is 473. The van der Waals surface area contributed by atoms with Gasteiger partial charge in [-0.3, -0.25) is 4.90 Å². The second kappa shape index (κ2) is 7.83. The van der Waals surface area contributed by atoms with E-state index in [1.807, 2.05) is 0 Å². The van der Waals surface area contributed by atoms with Gasteiger partial charge in [-0.15, -0.1) is 0 Å². The van der Waals surface area contributed by atoms with Crippen molar-refractivity contribution < 1.29 is 8.42 Å². The van der Waals surface area contributed by atoms with E-state index >= 15 is 0 Å². The van der Waals surface area contributed by atoms with Crippen LogP contribution in [0.2, 0.25) is 0 Å². The molecule has 0 amide bonds. The van der Waals surface area contributed by atoms with Crippen LogP contribution in [0.25, 0.3) is 0 Å². The van der Waals surface area contributed by atoms with Crippen LogP contribution in [0.1, 0.15) is 70.6 Å². The molecule has 3 rings (SSSR count). The number of hydrogen-bond donors (Lipinski definition) is 1. The molecule has 3 fully saturated rings. The first kappa shape index (κ1) is 17.7. The smallest absolute Gasteiger partial charge is 0.151 e. The van der Waals surface area contributed by atoms with E-state index in [2.05, 4.69) is 10.2 Å². The van der Waals surface area contributed by atoms with Gasteiger partial charge in [-0.05, 0) is 45.1 Å². The van der Waals surface area contributed by atoms with Crippen molar-refractivity contribution in [3.8, 4) is 0 Å². The molecule has 1 aliphatic heterocycles. The Morgan fingerprint density at radius 1 is 0.870 bits per heavy atom. The molecule has 3 atom stereocenters. The third-order valence-electron chi connectivity index (χ3n) is 6.25. The zero-order chi connectivity index (χ0) is 16.3. The van der Waals surface area contributed by atoms with E-state index in [0.29, 0.717) is 6.04 Å². The van der Waals surface area contributed by atoms with Gasteiger partial charge in [0.25, 0.3) is 0 Å². The lowest BCUT2D eigenvalue weighted by Gasteiger charge is -2.42. The molecule has 23 heavy (non-hydrogen) atoms. The maximum atomic E-state index is 12.1. The van der Waals surface area contributed by atoms with Crippen LogP contribution in [0.15, 0.2) is 0 Å². The normalized spacial score (nSPS) is 35.3. The summed E-state index contributed by atoms with van der Waals surface area (Å²) in [5.41, 5.74) is 0. The van der Waals surface area contributed by atoms with Crippen molar-refractivity contribution in [2.24, 2.45) is 0 Å². The minimum absolute atomic E-state index is 0.165. The number of piperidine rings is 1. The van der Waals surface area contributed by atoms with Crippen LogP contribution in [-0.4, -0.2) is 56.0 Å². The van der Waals surface area contributed by atoms with Gasteiger partial charge in [0.2, 0.25) is 0 Å². The predicted molar refractivity (Wildman–Crippen MR) is 95.5 cm³/mol. The largest absolute Gasteiger partial charge is 0.309 e. The van der Waals surface area contributed by atoms with Crippen molar-refractivity contribution in [2.45, 2.75) is 94.0 Å². The Labute approximate surface area is 142 Å². The average Bonchev–Trinajstić information content (AvgIpc) is 2.55. The fraction of sp³-hybridized carbons (Fsp3) is 1.00. The topological polar surface area (TPSA) is 49.4 Å². The molecule has 0 bridgehead atoms. The maximum Gasteiger partial charge on any atom is 0.151 e. The Hall–Kier alpha value is -0.130. The number of nitrogens with one attached hydrogen (secondary N) is 1. The van der Waals surface area contributed by atoms with Crippen molar-refractivity contribution in [3.05, 3.63) is 0 Å². The molecular weight excluding hydrogens is 308 g/mol. The van der Waals surface area contributed by atoms with Crippen molar-refractivity contribution >= 4 is 9.84 Å². The first-order valence-electron chi connectivity index (χ1n) is 9.73. The molecule has 1 N–H and O–H groups in total. The second-order valence-electron chi connectivity index (χ2n) is 8.05. The van der Waals surface area contributed by atoms with Crippen LogP contribution in [0, 0.1) is 0 Å². The first-order chi connectivity index (χ1) is 11.0. The van der Waals surface area contributed by atoms with E-state index in [1.54, 1.807) is 0 Å². The quantitative estimate of drug-likeness (QED) is 0.853. The zero-order valence-corrected chi connectivity index (χ0v) is 15.5. The van der Waals surface area contributed by atoms with Gasteiger partial charge < -0.3 is 5.32 Å². The van der Waals surface area contributed by atoms with Crippen LogP contribution < -0.4 is 5.32 Å². The van der Waals surface area contributed by atoms with Gasteiger partial charge >= 0.3 is 0 Å². The van der Waals surface area contributed by atoms with Crippen molar-refractivity contribution in [1.29, 1.82) is 0 Å². The molecule has 5 heteroatoms. The summed E-state index contributed by atoms with van der Waals surface area (Å²) in [6, 6.07) is 1.44. The lowest BCUT2D eigenvalue weighted by molar-refractivity contribution is 0.104. The highest BCUT2D eigenvalue weighted by Crippen LogP contribution is 2.28. The van der Waals surface area contributed by atoms with E-state index < -0.39 is 9.84 Å². The summed E-state index contributed by atoms with van der Waals surface area (Å²) in [5, 5.41) is 3.60. The van der Waals surface area contributed by atoms with Crippen LogP contribution in [0.3, 0.4) is 0 Å². The lowest BCUT2D eigenvalue weighted by atomic mass is 9.90. The molecule has 1 heterocycles. The zero-order valence-electron chi connectivity index (χ0n) is 14.7. The molecule has 1 saturated heterocycles. The van der Waals surface area contributed by atoms with E-state index in [4.69, 9.17) is 0 Å². The summed E-state index contributed by atoms with van der Waals surface area (Å²) in [6.45, 7) is 2.36. The fourth-order valence-electron chi connectivity index (χ4n) is 5.02. The summed E-state index contributed by atoms with van der Waals surface area (Å²) >= 11 is 0. The number of hydrogen-bond acceptors (Lipinski definition) is 4. The van der Waals surface area contributed by atoms with Crippen LogP contribution in [0.5, 0.6) is 0 Å². The highest BCUT2D eigenvalue weighted by atomic mass is 32.2. The fourth-order valence-corrected chi connectivity index (χ4v) is 6.43. The molecule has 2 saturated carbocycles. The molecule has 0 unspecified atom stereocenters. The minimum Gasteiger partial charge on any atom is -0.309 e. The number of likely N-dealkylation sites (tertiary alicyclic amines) is 1. The SMILES string of the molecule is CS(=O)(=O)[C@@H]1CCCC[C@@H]1N[C@@H]1CCCN(C2CCCCC2)C1. The first-order valence-corrected chi connectivity index (χ1v) is 11.7. The van der Waals surface area contributed by atoms with Crippen LogP contribution >= 0.6 is 0 Å². The van der Waals surface area contributed by atoms with Gasteiger partial charge in [0.15, 0.2) is 9.84 Å². The molecule has 0 aromatic carbocycles. The third-order valence-corrected chi connectivity index (χ3v) is 7.91. The lowest BCUT2D eigenvalue weighted by Crippen LogP contribution is -2.56. The highest BCUT2D eigenvalue weighted by Gasteiger charge is 2.35. The molecule has 0 radical (unpaired) electrons. The van der Waals surface area contributed by atoms with Gasteiger partial charge in [-0.2, -0.15) is 0 Å². The van der Waals surface area contributed by atoms with Crippen molar-refractivity contribution in [3.63, 3.8) is 0 Å². The molecule has 134 valence electrons. The maximum absolute atomic E-state index is 12.1. The molecule has 2 aliphatic carbocycles. The summed E-state index contributed by atoms with van der Waals surface area (Å²) in [6.07, 6.45) is 14.9. The molecule has 0 aromatic heterocycles. The van der Waals surface area contributed by atoms with Gasteiger partial charge in [0.1, 0.15) is 0 Å². The summed E-state index contributed by atoms with van der Waals surface area (Å²) in [7, 11) is -2.94. The van der Waals surface area contributed by atoms with E-state index in [1.165, 1.54) is 64.2 Å². The average molecular weight is 343 g/mol. The predicted octanol–water partition coefficient (Wildman–Crippen LogP) is 2.73. The Kier molecular flexibility index (Phi) is 6.02. The Morgan fingerprint density at radius 3 is 2.30 bits per heavy atom. The number of nitrogens with zero attached hydrogens (tertiary/aromatic N) is 1. The van der Waals surface area contributed by atoms with Gasteiger partial charge in [0.05, 0.1) is 5.25 Å². The summed E-state index contributed by atoms with van der Waals surface area (Å²) in [5.74, 6) is 0. The van der Waals surface area contributed by atoms with E-state index in [9.17, 15) is 8.42 Å². The standard InChI is InChI=1S/C18H34N2O2S/c1-23(21,22)18-12-6-5-11-17(18)19-15-8-7-13-20(14-15)16-9-3-2-4-10-16/h15-19H,2-14H2,1H3/t15-,17+,18-/m1/s1. The van der Waals surface area contributed by atoms with Gasteiger partial charge in [0, 0.05) is 30.9 Å². The molecule has 0 aromatic rings. The number of rotatable bonds is 4. The summed E-state index contributed by atoms with van der Waals surface area (Å²) < 4.78 is 24.2. The van der Waals surface area contributed by atoms with Crippen LogP contribution in [0.4, 0.5) is 0 Å². The van der Waals surface area contributed by atoms with E-state index in [0.717, 1.165) is 31.8 Å². The third kappa shape index (κ3) is 4.70. The molecule has 0 spiro atoms. The van der Waals surface area contributed by atoms with E-state index in [-0.39, 0.29) is 11.3 Å². The van der Waals surface area contributed by atoms with Crippen LogP contribution in [-0.2, 0) is 9.84 Å². The molecule has 3 aliphatic rings. The Morgan fingerprint density at radius 2 is 1.57 bits per heavy atom. The molecular formula is C18H34N2O2S. The highest BCUT2D eigenvalue weighted by molar-refractivity contribution is 7.91. The van der Waals surface area contributed by atoms with Gasteiger partial charge in [-0.1, -0.05) is 32.1 Å². The number of sulfone groups is 1. The Balaban J connectivity index is 1.57. The van der Waals surface area contributed by atoms with Crippen molar-refractivity contribution in [1.82, 2.24) is 10.2 Å². The minimum atomic E-state index is -2.94. The monoisotopic (exact) mass is 342 g/mol. The summed E-state index contributed by atoms with van der Waals surface area (Å²) in [4.78, 5) is 2.69.